The van der Waals surface area contributed by atoms with Gasteiger partial charge in [-0.05, 0) is 22.0 Å². The van der Waals surface area contributed by atoms with Crippen LogP contribution in [0.15, 0.2) is 18.2 Å². The van der Waals surface area contributed by atoms with Crippen molar-refractivity contribution in [3.05, 3.63) is 29.3 Å². The van der Waals surface area contributed by atoms with Gasteiger partial charge in [-0.3, -0.25) is 0 Å². The Morgan fingerprint density at radius 2 is 1.38 bits per heavy atom. The van der Waals surface area contributed by atoms with Gasteiger partial charge in [0.15, 0.2) is 6.79 Å². The van der Waals surface area contributed by atoms with Gasteiger partial charge in [0.1, 0.15) is 5.75 Å². The molecule has 0 N–H and O–H groups in total. The van der Waals surface area contributed by atoms with E-state index < -0.39 is 0 Å². The van der Waals surface area contributed by atoms with E-state index in [2.05, 4.69) is 59.7 Å². The van der Waals surface area contributed by atoms with Crippen molar-refractivity contribution < 1.29 is 14.2 Å². The van der Waals surface area contributed by atoms with Crippen LogP contribution in [-0.2, 0) is 20.3 Å². The summed E-state index contributed by atoms with van der Waals surface area (Å²) in [5.41, 5.74) is 2.49. The summed E-state index contributed by atoms with van der Waals surface area (Å²) in [7, 11) is 1.66. The minimum absolute atomic E-state index is 0.0309. The molecule has 3 nitrogen and oxygen atoms in total. The van der Waals surface area contributed by atoms with E-state index >= 15 is 0 Å². The third-order valence-corrected chi connectivity index (χ3v) is 3.35. The number of hydrogen-bond acceptors (Lipinski definition) is 3. The lowest BCUT2D eigenvalue weighted by Gasteiger charge is -2.29. The summed E-state index contributed by atoms with van der Waals surface area (Å²) in [5, 5.41) is 0. The molecule has 0 aliphatic heterocycles. The molecule has 0 unspecified atom stereocenters. The molecule has 0 radical (unpaired) electrons. The van der Waals surface area contributed by atoms with Crippen molar-refractivity contribution in [2.45, 2.75) is 52.4 Å². The molecule has 0 spiro atoms. The summed E-state index contributed by atoms with van der Waals surface area (Å²) in [6.45, 7) is 14.6. The highest BCUT2D eigenvalue weighted by atomic mass is 16.7. The zero-order chi connectivity index (χ0) is 16.1. The van der Waals surface area contributed by atoms with Crippen LogP contribution < -0.4 is 4.74 Å². The summed E-state index contributed by atoms with van der Waals surface area (Å²) in [4.78, 5) is 0. The van der Waals surface area contributed by atoms with Crippen LogP contribution in [0, 0.1) is 0 Å². The molecule has 0 aromatic heterocycles. The standard InChI is InChI=1S/C18H30O3/c1-17(2,3)14-9-8-10-15(18(4,5)6)16(14)21-13-20-12-11-19-7/h8-10H,11-13H2,1-7H3. The number of benzene rings is 1. The van der Waals surface area contributed by atoms with Gasteiger partial charge >= 0.3 is 0 Å². The van der Waals surface area contributed by atoms with E-state index in [-0.39, 0.29) is 17.6 Å². The smallest absolute Gasteiger partial charge is 0.189 e. The van der Waals surface area contributed by atoms with Gasteiger partial charge in [-0.15, -0.1) is 0 Å². The maximum absolute atomic E-state index is 5.99. The van der Waals surface area contributed by atoms with E-state index in [1.807, 2.05) is 0 Å². The van der Waals surface area contributed by atoms with Gasteiger partial charge in [0, 0.05) is 7.11 Å². The first-order valence-corrected chi connectivity index (χ1v) is 7.51. The van der Waals surface area contributed by atoms with Gasteiger partial charge in [0.05, 0.1) is 13.2 Å². The highest BCUT2D eigenvalue weighted by molar-refractivity contribution is 5.48. The molecule has 0 aliphatic rings. The molecule has 21 heavy (non-hydrogen) atoms. The van der Waals surface area contributed by atoms with E-state index in [4.69, 9.17) is 14.2 Å². The summed E-state index contributed by atoms with van der Waals surface area (Å²) in [5.74, 6) is 0.954. The molecule has 0 saturated carbocycles. The Kier molecular flexibility index (Phi) is 6.24. The Hall–Kier alpha value is -1.06. The first-order valence-electron chi connectivity index (χ1n) is 7.51. The van der Waals surface area contributed by atoms with Crippen LogP contribution in [0.3, 0.4) is 0 Å². The number of ether oxygens (including phenoxy) is 3. The largest absolute Gasteiger partial charge is 0.467 e. The van der Waals surface area contributed by atoms with Crippen molar-refractivity contribution in [1.29, 1.82) is 0 Å². The van der Waals surface area contributed by atoms with Crippen LogP contribution in [-0.4, -0.2) is 27.1 Å². The lowest BCUT2D eigenvalue weighted by atomic mass is 9.79. The highest BCUT2D eigenvalue weighted by Gasteiger charge is 2.26. The molecule has 0 fully saturated rings. The van der Waals surface area contributed by atoms with Crippen LogP contribution in [0.4, 0.5) is 0 Å². The Balaban J connectivity index is 3.01. The number of rotatable bonds is 6. The molecule has 1 aromatic carbocycles. The molecule has 120 valence electrons. The van der Waals surface area contributed by atoms with Crippen molar-refractivity contribution in [3.8, 4) is 5.75 Å². The Morgan fingerprint density at radius 3 is 1.81 bits per heavy atom. The summed E-state index contributed by atoms with van der Waals surface area (Å²) in [6.07, 6.45) is 0. The zero-order valence-corrected chi connectivity index (χ0v) is 14.6. The minimum Gasteiger partial charge on any atom is -0.467 e. The normalized spacial score (nSPS) is 12.5. The van der Waals surface area contributed by atoms with Crippen molar-refractivity contribution in [2.24, 2.45) is 0 Å². The maximum Gasteiger partial charge on any atom is 0.189 e. The fourth-order valence-electron chi connectivity index (χ4n) is 2.18. The van der Waals surface area contributed by atoms with E-state index in [1.54, 1.807) is 7.11 Å². The average molecular weight is 294 g/mol. The first-order chi connectivity index (χ1) is 9.68. The van der Waals surface area contributed by atoms with E-state index in [0.717, 1.165) is 5.75 Å². The second-order valence-corrected chi connectivity index (χ2v) is 7.35. The molecule has 0 heterocycles. The van der Waals surface area contributed by atoms with Crippen molar-refractivity contribution >= 4 is 0 Å². The van der Waals surface area contributed by atoms with Crippen LogP contribution in [0.5, 0.6) is 5.75 Å². The lowest BCUT2D eigenvalue weighted by Crippen LogP contribution is -2.20. The third kappa shape index (κ3) is 5.33. The average Bonchev–Trinajstić information content (AvgIpc) is 2.36. The minimum atomic E-state index is 0.0309. The van der Waals surface area contributed by atoms with Gasteiger partial charge in [-0.1, -0.05) is 59.7 Å². The summed E-state index contributed by atoms with van der Waals surface area (Å²) < 4.78 is 16.4. The van der Waals surface area contributed by atoms with E-state index in [0.29, 0.717) is 13.2 Å². The molecule has 1 rings (SSSR count). The number of para-hydroxylation sites is 1. The zero-order valence-electron chi connectivity index (χ0n) is 14.6. The summed E-state index contributed by atoms with van der Waals surface area (Å²) in [6, 6.07) is 6.39. The molecular formula is C18H30O3. The molecule has 0 bridgehead atoms. The van der Waals surface area contributed by atoms with Gasteiger partial charge in [-0.2, -0.15) is 0 Å². The summed E-state index contributed by atoms with van der Waals surface area (Å²) >= 11 is 0. The second kappa shape index (κ2) is 7.28. The number of hydrogen-bond donors (Lipinski definition) is 0. The fraction of sp³-hybridized carbons (Fsp3) is 0.667. The first kappa shape index (κ1) is 18.0. The molecule has 1 aromatic rings. The molecule has 0 atom stereocenters. The predicted octanol–water partition coefficient (Wildman–Crippen LogP) is 4.28. The maximum atomic E-state index is 5.99. The predicted molar refractivity (Wildman–Crippen MR) is 87.2 cm³/mol. The fourth-order valence-corrected chi connectivity index (χ4v) is 2.18. The SMILES string of the molecule is COCCOCOc1c(C(C)(C)C)cccc1C(C)(C)C. The van der Waals surface area contributed by atoms with Crippen LogP contribution in [0.25, 0.3) is 0 Å². The van der Waals surface area contributed by atoms with Crippen molar-refractivity contribution in [2.75, 3.05) is 27.1 Å². The quantitative estimate of drug-likeness (QED) is 0.579. The molecular weight excluding hydrogens is 264 g/mol. The second-order valence-electron chi connectivity index (χ2n) is 7.35. The van der Waals surface area contributed by atoms with Gasteiger partial charge < -0.3 is 14.2 Å². The topological polar surface area (TPSA) is 27.7 Å². The molecule has 0 aliphatic carbocycles. The molecule has 0 amide bonds. The van der Waals surface area contributed by atoms with Crippen molar-refractivity contribution in [1.82, 2.24) is 0 Å². The molecule has 3 heteroatoms. The van der Waals surface area contributed by atoms with Gasteiger partial charge in [0.2, 0.25) is 0 Å². The van der Waals surface area contributed by atoms with Crippen LogP contribution in [0.1, 0.15) is 52.7 Å². The number of methoxy groups -OCH3 is 1. The Morgan fingerprint density at radius 1 is 0.857 bits per heavy atom. The van der Waals surface area contributed by atoms with E-state index in [9.17, 15) is 0 Å². The van der Waals surface area contributed by atoms with Crippen LogP contribution >= 0.6 is 0 Å². The van der Waals surface area contributed by atoms with E-state index in [1.165, 1.54) is 11.1 Å². The van der Waals surface area contributed by atoms with Crippen LogP contribution in [0.2, 0.25) is 0 Å². The lowest BCUT2D eigenvalue weighted by molar-refractivity contribution is -0.00991. The van der Waals surface area contributed by atoms with Crippen molar-refractivity contribution in [3.63, 3.8) is 0 Å². The Labute approximate surface area is 129 Å². The van der Waals surface area contributed by atoms with Gasteiger partial charge in [0.25, 0.3) is 0 Å². The molecule has 0 saturated heterocycles. The third-order valence-electron chi connectivity index (χ3n) is 3.35. The van der Waals surface area contributed by atoms with Gasteiger partial charge in [-0.25, -0.2) is 0 Å². The Bertz CT molecular complexity index is 407. The highest BCUT2D eigenvalue weighted by Crippen LogP contribution is 2.39. The monoisotopic (exact) mass is 294 g/mol.